The van der Waals surface area contributed by atoms with Crippen molar-refractivity contribution in [3.05, 3.63) is 76.6 Å². The minimum Gasteiger partial charge on any atom is -0.209 e. The first-order valence-corrected chi connectivity index (χ1v) is 8.58. The highest BCUT2D eigenvalue weighted by Crippen LogP contribution is 2.24. The Morgan fingerprint density at radius 2 is 1.40 bits per heavy atom. The number of benzene rings is 2. The molecule has 0 saturated heterocycles. The van der Waals surface area contributed by atoms with Crippen molar-refractivity contribution in [2.45, 2.75) is 45.4 Å². The van der Waals surface area contributed by atoms with Crippen molar-refractivity contribution in [3.8, 4) is 0 Å². The predicted octanol–water partition coefficient (Wildman–Crippen LogP) is 6.94. The molecule has 0 radical (unpaired) electrons. The fraction of sp³-hybridized carbons (Fsp3) is 0.333. The average molecular weight is 350 g/mol. The lowest BCUT2D eigenvalue weighted by Gasteiger charge is -2.05. The lowest BCUT2D eigenvalue weighted by molar-refractivity contribution is 0.506. The maximum absolute atomic E-state index is 13.9. The molecule has 0 N–H and O–H groups in total. The van der Waals surface area contributed by atoms with Crippen LogP contribution in [0.4, 0.5) is 17.6 Å². The Morgan fingerprint density at radius 1 is 0.800 bits per heavy atom. The van der Waals surface area contributed by atoms with Crippen molar-refractivity contribution < 1.29 is 17.6 Å². The Hall–Kier alpha value is -2.10. The zero-order chi connectivity index (χ0) is 18.2. The molecule has 2 rings (SSSR count). The summed E-state index contributed by atoms with van der Waals surface area (Å²) in [5.74, 6) is -3.15. The highest BCUT2D eigenvalue weighted by molar-refractivity contribution is 5.61. The van der Waals surface area contributed by atoms with Gasteiger partial charge in [-0.05, 0) is 55.4 Å². The third kappa shape index (κ3) is 5.73. The molecule has 0 amide bonds. The van der Waals surface area contributed by atoms with Gasteiger partial charge >= 0.3 is 0 Å². The van der Waals surface area contributed by atoms with Crippen molar-refractivity contribution in [3.63, 3.8) is 0 Å². The molecule has 2 aromatic carbocycles. The first-order valence-electron chi connectivity index (χ1n) is 8.58. The number of unbranched alkanes of at least 4 members (excludes halogenated alkanes) is 1. The molecule has 0 spiro atoms. The second-order valence-corrected chi connectivity index (χ2v) is 6.12. The van der Waals surface area contributed by atoms with Gasteiger partial charge in [-0.3, -0.25) is 0 Å². The van der Waals surface area contributed by atoms with Crippen molar-refractivity contribution in [2.75, 3.05) is 0 Å². The monoisotopic (exact) mass is 350 g/mol. The Morgan fingerprint density at radius 3 is 2.00 bits per heavy atom. The summed E-state index contributed by atoms with van der Waals surface area (Å²) in [6, 6.07) is 10.7. The van der Waals surface area contributed by atoms with Crippen molar-refractivity contribution >= 4 is 5.83 Å². The highest BCUT2D eigenvalue weighted by atomic mass is 19.2. The van der Waals surface area contributed by atoms with Gasteiger partial charge in [-0.2, -0.15) is 0 Å². The van der Waals surface area contributed by atoms with Gasteiger partial charge in [-0.25, -0.2) is 17.6 Å². The summed E-state index contributed by atoms with van der Waals surface area (Å²) >= 11 is 0. The van der Waals surface area contributed by atoms with Crippen LogP contribution < -0.4 is 0 Å². The van der Waals surface area contributed by atoms with E-state index in [1.54, 1.807) is 37.3 Å². The Labute approximate surface area is 146 Å². The summed E-state index contributed by atoms with van der Waals surface area (Å²) in [7, 11) is 0. The Balaban J connectivity index is 1.83. The fourth-order valence-corrected chi connectivity index (χ4v) is 2.66. The standard InChI is InChI=1S/C21H22F4/c1-2-5-19(23)21(25)17-11-8-15(9-12-17)6-3-4-7-16-10-13-18(22)20(24)14-16/h8-14H,2-7H2,1H3/b21-19-. The van der Waals surface area contributed by atoms with Crippen LogP contribution in [0.25, 0.3) is 5.83 Å². The van der Waals surface area contributed by atoms with Crippen molar-refractivity contribution in [1.82, 2.24) is 0 Å². The molecule has 25 heavy (non-hydrogen) atoms. The first kappa shape index (κ1) is 19.2. The molecule has 0 saturated carbocycles. The largest absolute Gasteiger partial charge is 0.209 e. The smallest absolute Gasteiger partial charge is 0.161 e. The van der Waals surface area contributed by atoms with Gasteiger partial charge in [0.2, 0.25) is 0 Å². The molecule has 0 aromatic heterocycles. The van der Waals surface area contributed by atoms with Gasteiger partial charge in [-0.1, -0.05) is 37.3 Å². The van der Waals surface area contributed by atoms with E-state index >= 15 is 0 Å². The molecular weight excluding hydrogens is 328 g/mol. The zero-order valence-electron chi connectivity index (χ0n) is 14.3. The second kappa shape index (κ2) is 9.40. The van der Waals surface area contributed by atoms with Crippen LogP contribution in [0.15, 0.2) is 48.3 Å². The number of hydrogen-bond acceptors (Lipinski definition) is 0. The highest BCUT2D eigenvalue weighted by Gasteiger charge is 2.08. The average Bonchev–Trinajstić information content (AvgIpc) is 2.62. The van der Waals surface area contributed by atoms with Crippen LogP contribution in [0.3, 0.4) is 0 Å². The maximum Gasteiger partial charge on any atom is 0.161 e. The van der Waals surface area contributed by atoms with E-state index in [0.717, 1.165) is 36.5 Å². The van der Waals surface area contributed by atoms with E-state index in [0.29, 0.717) is 12.8 Å². The van der Waals surface area contributed by atoms with Crippen LogP contribution in [0.1, 0.15) is 49.3 Å². The summed E-state index contributed by atoms with van der Waals surface area (Å²) in [6.07, 6.45) is 3.86. The van der Waals surface area contributed by atoms with Crippen LogP contribution in [0.5, 0.6) is 0 Å². The molecule has 0 aliphatic carbocycles. The number of hydrogen-bond donors (Lipinski definition) is 0. The van der Waals surface area contributed by atoms with Gasteiger partial charge in [0.05, 0.1) is 0 Å². The first-order chi connectivity index (χ1) is 12.0. The van der Waals surface area contributed by atoms with E-state index < -0.39 is 23.3 Å². The zero-order valence-corrected chi connectivity index (χ0v) is 14.3. The van der Waals surface area contributed by atoms with Crippen LogP contribution in [0.2, 0.25) is 0 Å². The molecule has 0 unspecified atom stereocenters. The lowest BCUT2D eigenvalue weighted by atomic mass is 10.0. The number of aryl methyl sites for hydroxylation is 2. The SMILES string of the molecule is CCC/C(F)=C(/F)c1ccc(CCCCc2ccc(F)c(F)c2)cc1. The topological polar surface area (TPSA) is 0 Å². The quantitative estimate of drug-likeness (QED) is 0.357. The second-order valence-electron chi connectivity index (χ2n) is 6.12. The molecular formula is C21H22F4. The number of allylic oxidation sites excluding steroid dienone is 1. The summed E-state index contributed by atoms with van der Waals surface area (Å²) in [6.45, 7) is 1.80. The summed E-state index contributed by atoms with van der Waals surface area (Å²) in [4.78, 5) is 0. The van der Waals surface area contributed by atoms with Gasteiger partial charge < -0.3 is 0 Å². The molecule has 134 valence electrons. The molecule has 0 bridgehead atoms. The van der Waals surface area contributed by atoms with E-state index in [4.69, 9.17) is 0 Å². The predicted molar refractivity (Wildman–Crippen MR) is 93.5 cm³/mol. The molecule has 0 aliphatic heterocycles. The molecule has 0 heterocycles. The molecule has 4 heteroatoms. The summed E-state index contributed by atoms with van der Waals surface area (Å²) < 4.78 is 53.3. The minimum absolute atomic E-state index is 0.109. The minimum atomic E-state index is -0.833. The fourth-order valence-electron chi connectivity index (χ4n) is 2.66. The van der Waals surface area contributed by atoms with Gasteiger partial charge in [0.15, 0.2) is 17.5 Å². The summed E-state index contributed by atoms with van der Waals surface area (Å²) in [5.41, 5.74) is 2.07. The van der Waals surface area contributed by atoms with E-state index in [9.17, 15) is 17.6 Å². The molecule has 0 aliphatic rings. The number of halogens is 4. The van der Waals surface area contributed by atoms with Gasteiger partial charge in [0.1, 0.15) is 5.83 Å². The third-order valence-corrected chi connectivity index (χ3v) is 4.08. The van der Waals surface area contributed by atoms with Crippen LogP contribution in [0, 0.1) is 11.6 Å². The normalized spacial score (nSPS) is 12.2. The Bertz CT molecular complexity index is 717. The molecule has 0 fully saturated rings. The molecule has 0 atom stereocenters. The van der Waals surface area contributed by atoms with Crippen molar-refractivity contribution in [1.29, 1.82) is 0 Å². The number of rotatable bonds is 8. The van der Waals surface area contributed by atoms with Crippen molar-refractivity contribution in [2.24, 2.45) is 0 Å². The molecule has 0 nitrogen and oxygen atoms in total. The Kier molecular flexibility index (Phi) is 7.23. The van der Waals surface area contributed by atoms with Gasteiger partial charge in [0.25, 0.3) is 0 Å². The van der Waals surface area contributed by atoms with Gasteiger partial charge in [-0.15, -0.1) is 0 Å². The lowest BCUT2D eigenvalue weighted by Crippen LogP contribution is -1.92. The van der Waals surface area contributed by atoms with Gasteiger partial charge in [0, 0.05) is 12.0 Å². The van der Waals surface area contributed by atoms with E-state index in [2.05, 4.69) is 0 Å². The van der Waals surface area contributed by atoms with Crippen LogP contribution in [-0.4, -0.2) is 0 Å². The van der Waals surface area contributed by atoms with E-state index in [1.165, 1.54) is 6.07 Å². The maximum atomic E-state index is 13.9. The van der Waals surface area contributed by atoms with Crippen LogP contribution >= 0.6 is 0 Å². The van der Waals surface area contributed by atoms with E-state index in [1.807, 2.05) is 0 Å². The third-order valence-electron chi connectivity index (χ3n) is 4.08. The van der Waals surface area contributed by atoms with E-state index in [-0.39, 0.29) is 12.0 Å². The molecule has 2 aromatic rings. The van der Waals surface area contributed by atoms with Crippen LogP contribution in [-0.2, 0) is 12.8 Å². The summed E-state index contributed by atoms with van der Waals surface area (Å²) in [5, 5.41) is 0.